The molecule has 0 radical (unpaired) electrons. The molecule has 0 bridgehead atoms. The van der Waals surface area contributed by atoms with Gasteiger partial charge in [-0.15, -0.1) is 0 Å². The van der Waals surface area contributed by atoms with Crippen molar-refractivity contribution in [3.05, 3.63) is 54.0 Å². The number of Topliss-reactive ketones (excluding diaryl/α,β-unsaturated/α-hetero) is 1. The van der Waals surface area contributed by atoms with Gasteiger partial charge in [-0.25, -0.2) is 4.98 Å². The SMILES string of the molecule is CCC(=O)c1ccc(-c2ccccc2)nc1F. The van der Waals surface area contributed by atoms with Crippen molar-refractivity contribution in [2.75, 3.05) is 0 Å². The van der Waals surface area contributed by atoms with Crippen LogP contribution in [0.3, 0.4) is 0 Å². The van der Waals surface area contributed by atoms with Gasteiger partial charge in [-0.1, -0.05) is 37.3 Å². The van der Waals surface area contributed by atoms with Crippen molar-refractivity contribution in [1.29, 1.82) is 0 Å². The van der Waals surface area contributed by atoms with Crippen LogP contribution in [0.25, 0.3) is 11.3 Å². The lowest BCUT2D eigenvalue weighted by atomic mass is 10.1. The summed E-state index contributed by atoms with van der Waals surface area (Å²) < 4.78 is 13.6. The Balaban J connectivity index is 2.41. The quantitative estimate of drug-likeness (QED) is 0.595. The summed E-state index contributed by atoms with van der Waals surface area (Å²) in [6, 6.07) is 12.5. The first kappa shape index (κ1) is 11.5. The van der Waals surface area contributed by atoms with E-state index in [0.29, 0.717) is 5.69 Å². The van der Waals surface area contributed by atoms with Gasteiger partial charge in [0.1, 0.15) is 0 Å². The Morgan fingerprint density at radius 3 is 2.47 bits per heavy atom. The van der Waals surface area contributed by atoms with E-state index in [9.17, 15) is 9.18 Å². The van der Waals surface area contributed by atoms with E-state index in [1.54, 1.807) is 13.0 Å². The number of carbonyl (C=O) groups is 1. The van der Waals surface area contributed by atoms with Gasteiger partial charge in [0, 0.05) is 12.0 Å². The van der Waals surface area contributed by atoms with Crippen LogP contribution in [0.2, 0.25) is 0 Å². The number of nitrogens with zero attached hydrogens (tertiary/aromatic N) is 1. The highest BCUT2D eigenvalue weighted by Crippen LogP contribution is 2.18. The third-order valence-corrected chi connectivity index (χ3v) is 2.54. The number of hydrogen-bond acceptors (Lipinski definition) is 2. The summed E-state index contributed by atoms with van der Waals surface area (Å²) in [5.41, 5.74) is 1.44. The highest BCUT2D eigenvalue weighted by molar-refractivity contribution is 5.96. The van der Waals surface area contributed by atoms with Crippen molar-refractivity contribution in [3.63, 3.8) is 0 Å². The van der Waals surface area contributed by atoms with Crippen LogP contribution in [0, 0.1) is 5.95 Å². The maximum Gasteiger partial charge on any atom is 0.224 e. The summed E-state index contributed by atoms with van der Waals surface area (Å²) in [6.45, 7) is 1.70. The van der Waals surface area contributed by atoms with Gasteiger partial charge in [0.2, 0.25) is 5.95 Å². The summed E-state index contributed by atoms with van der Waals surface area (Å²) >= 11 is 0. The summed E-state index contributed by atoms with van der Waals surface area (Å²) in [5, 5.41) is 0. The molecule has 1 aromatic heterocycles. The Morgan fingerprint density at radius 1 is 1.18 bits per heavy atom. The predicted molar refractivity (Wildman–Crippen MR) is 64.3 cm³/mol. The number of ketones is 1. The molecule has 0 N–H and O–H groups in total. The first-order valence-electron chi connectivity index (χ1n) is 5.47. The second-order valence-electron chi connectivity index (χ2n) is 3.68. The Hall–Kier alpha value is -2.03. The first-order valence-corrected chi connectivity index (χ1v) is 5.47. The molecule has 1 aromatic carbocycles. The monoisotopic (exact) mass is 229 g/mol. The Bertz CT molecular complexity index is 537. The Morgan fingerprint density at radius 2 is 1.88 bits per heavy atom. The summed E-state index contributed by atoms with van der Waals surface area (Å²) in [7, 11) is 0. The minimum absolute atomic E-state index is 0.0622. The summed E-state index contributed by atoms with van der Waals surface area (Å²) in [6.07, 6.45) is 0.281. The standard InChI is InChI=1S/C14H12FNO/c1-2-13(17)11-8-9-12(16-14(11)15)10-6-4-3-5-7-10/h3-9H,2H2,1H3. The Kier molecular flexibility index (Phi) is 3.28. The molecule has 0 aliphatic rings. The second kappa shape index (κ2) is 4.87. The molecule has 0 unspecified atom stereocenters. The molecule has 2 aromatic rings. The van der Waals surface area contributed by atoms with E-state index in [-0.39, 0.29) is 17.8 Å². The lowest BCUT2D eigenvalue weighted by Crippen LogP contribution is -2.03. The van der Waals surface area contributed by atoms with Crippen LogP contribution >= 0.6 is 0 Å². The molecule has 2 rings (SSSR count). The van der Waals surface area contributed by atoms with Gasteiger partial charge in [0.05, 0.1) is 11.3 Å². The van der Waals surface area contributed by atoms with Crippen molar-refractivity contribution >= 4 is 5.78 Å². The number of aromatic nitrogens is 1. The van der Waals surface area contributed by atoms with Gasteiger partial charge in [0.25, 0.3) is 0 Å². The topological polar surface area (TPSA) is 30.0 Å². The maximum atomic E-state index is 13.6. The van der Waals surface area contributed by atoms with E-state index in [0.717, 1.165) is 5.56 Å². The smallest absolute Gasteiger partial charge is 0.224 e. The van der Waals surface area contributed by atoms with Crippen LogP contribution in [0.1, 0.15) is 23.7 Å². The number of pyridine rings is 1. The van der Waals surface area contributed by atoms with Crippen LogP contribution in [0.15, 0.2) is 42.5 Å². The van der Waals surface area contributed by atoms with Crippen LogP contribution in [0.4, 0.5) is 4.39 Å². The minimum atomic E-state index is -0.696. The Labute approximate surface area is 99.1 Å². The van der Waals surface area contributed by atoms with Gasteiger partial charge in [-0.05, 0) is 12.1 Å². The molecule has 17 heavy (non-hydrogen) atoms. The van der Waals surface area contributed by atoms with Crippen molar-refractivity contribution in [3.8, 4) is 11.3 Å². The molecule has 1 heterocycles. The second-order valence-corrected chi connectivity index (χ2v) is 3.68. The molecule has 0 aliphatic heterocycles. The molecule has 0 fully saturated rings. The number of benzene rings is 1. The lowest BCUT2D eigenvalue weighted by molar-refractivity contribution is 0.0983. The van der Waals surface area contributed by atoms with Crippen molar-refractivity contribution in [1.82, 2.24) is 4.98 Å². The van der Waals surface area contributed by atoms with Gasteiger partial charge in [0.15, 0.2) is 5.78 Å². The third-order valence-electron chi connectivity index (χ3n) is 2.54. The molecule has 0 aliphatic carbocycles. The number of rotatable bonds is 3. The normalized spacial score (nSPS) is 10.2. The van der Waals surface area contributed by atoms with E-state index < -0.39 is 5.95 Å². The first-order chi connectivity index (χ1) is 8.22. The van der Waals surface area contributed by atoms with Gasteiger partial charge >= 0.3 is 0 Å². The zero-order valence-corrected chi connectivity index (χ0v) is 9.48. The fraction of sp³-hybridized carbons (Fsp3) is 0.143. The van der Waals surface area contributed by atoms with Gasteiger partial charge < -0.3 is 0 Å². The fourth-order valence-electron chi connectivity index (χ4n) is 1.60. The molecule has 0 saturated carbocycles. The molecule has 0 spiro atoms. The highest BCUT2D eigenvalue weighted by atomic mass is 19.1. The van der Waals surface area contributed by atoms with E-state index in [2.05, 4.69) is 4.98 Å². The zero-order valence-electron chi connectivity index (χ0n) is 9.48. The van der Waals surface area contributed by atoms with Gasteiger partial charge in [-0.3, -0.25) is 4.79 Å². The minimum Gasteiger partial charge on any atom is -0.294 e. The van der Waals surface area contributed by atoms with Crippen molar-refractivity contribution in [2.45, 2.75) is 13.3 Å². The zero-order chi connectivity index (χ0) is 12.3. The van der Waals surface area contributed by atoms with Crippen LogP contribution in [0.5, 0.6) is 0 Å². The number of carbonyl (C=O) groups excluding carboxylic acids is 1. The largest absolute Gasteiger partial charge is 0.294 e. The van der Waals surface area contributed by atoms with Crippen molar-refractivity contribution < 1.29 is 9.18 Å². The average molecular weight is 229 g/mol. The highest BCUT2D eigenvalue weighted by Gasteiger charge is 2.12. The molecule has 0 saturated heterocycles. The molecule has 86 valence electrons. The third kappa shape index (κ3) is 2.38. The maximum absolute atomic E-state index is 13.6. The van der Waals surface area contributed by atoms with Crippen LogP contribution in [-0.4, -0.2) is 10.8 Å². The van der Waals surface area contributed by atoms with Crippen molar-refractivity contribution in [2.24, 2.45) is 0 Å². The molecule has 0 atom stereocenters. The molecule has 3 heteroatoms. The molecule has 2 nitrogen and oxygen atoms in total. The number of hydrogen-bond donors (Lipinski definition) is 0. The van der Waals surface area contributed by atoms with Crippen LogP contribution in [-0.2, 0) is 0 Å². The fourth-order valence-corrected chi connectivity index (χ4v) is 1.60. The summed E-state index contributed by atoms with van der Waals surface area (Å²) in [5.74, 6) is -0.923. The van der Waals surface area contributed by atoms with E-state index in [1.807, 2.05) is 30.3 Å². The molecule has 0 amide bonds. The lowest BCUT2D eigenvalue weighted by Gasteiger charge is -2.03. The van der Waals surface area contributed by atoms with E-state index in [1.165, 1.54) is 6.07 Å². The summed E-state index contributed by atoms with van der Waals surface area (Å²) in [4.78, 5) is 15.2. The average Bonchev–Trinajstić information content (AvgIpc) is 2.39. The molecular weight excluding hydrogens is 217 g/mol. The molecular formula is C14H12FNO. The predicted octanol–water partition coefficient (Wildman–Crippen LogP) is 3.48. The van der Waals surface area contributed by atoms with E-state index >= 15 is 0 Å². The van der Waals surface area contributed by atoms with Crippen LogP contribution < -0.4 is 0 Å². The van der Waals surface area contributed by atoms with Gasteiger partial charge in [-0.2, -0.15) is 4.39 Å². The number of halogens is 1. The van der Waals surface area contributed by atoms with E-state index in [4.69, 9.17) is 0 Å².